The maximum Gasteiger partial charge on any atom is 0.340 e. The van der Waals surface area contributed by atoms with Gasteiger partial charge in [0.15, 0.2) is 0 Å². The van der Waals surface area contributed by atoms with Gasteiger partial charge in [0.05, 0.1) is 12.7 Å². The van der Waals surface area contributed by atoms with Crippen molar-refractivity contribution in [3.63, 3.8) is 0 Å². The van der Waals surface area contributed by atoms with E-state index in [2.05, 4.69) is 23.3 Å². The van der Waals surface area contributed by atoms with Crippen LogP contribution in [0.2, 0.25) is 0 Å². The summed E-state index contributed by atoms with van der Waals surface area (Å²) in [5, 5.41) is 2.07. The smallest absolute Gasteiger partial charge is 0.340 e. The van der Waals surface area contributed by atoms with E-state index in [0.29, 0.717) is 17.8 Å². The average molecular weight is 304 g/mol. The van der Waals surface area contributed by atoms with Crippen molar-refractivity contribution in [2.45, 2.75) is 19.5 Å². The second kappa shape index (κ2) is 6.74. The molecule has 1 atom stereocenters. The van der Waals surface area contributed by atoms with Gasteiger partial charge in [0.1, 0.15) is 0 Å². The van der Waals surface area contributed by atoms with Gasteiger partial charge in [-0.25, -0.2) is 4.79 Å². The first-order valence-electron chi connectivity index (χ1n) is 6.74. The molecule has 5 heteroatoms. The molecule has 0 saturated carbocycles. The van der Waals surface area contributed by atoms with Gasteiger partial charge in [-0.2, -0.15) is 0 Å². The number of carbonyl (C=O) groups is 1. The molecule has 1 heterocycles. The lowest BCUT2D eigenvalue weighted by molar-refractivity contribution is 0.0599. The Labute approximate surface area is 129 Å². The molecule has 1 aromatic heterocycles. The lowest BCUT2D eigenvalue weighted by atomic mass is 10.0. The summed E-state index contributed by atoms with van der Waals surface area (Å²) in [7, 11) is 3.41. The van der Waals surface area contributed by atoms with Gasteiger partial charge >= 0.3 is 5.97 Å². The van der Waals surface area contributed by atoms with Crippen molar-refractivity contribution in [1.29, 1.82) is 0 Å². The number of benzene rings is 1. The van der Waals surface area contributed by atoms with Crippen molar-refractivity contribution in [3.05, 3.63) is 51.7 Å². The van der Waals surface area contributed by atoms with Crippen LogP contribution in [0.4, 0.5) is 5.69 Å². The molecule has 0 fully saturated rings. The van der Waals surface area contributed by atoms with Crippen LogP contribution in [0.1, 0.15) is 33.8 Å². The van der Waals surface area contributed by atoms with E-state index in [4.69, 9.17) is 10.5 Å². The third kappa shape index (κ3) is 3.43. The third-order valence-corrected chi connectivity index (χ3v) is 4.65. The van der Waals surface area contributed by atoms with Crippen molar-refractivity contribution in [1.82, 2.24) is 4.90 Å². The molecule has 0 amide bonds. The number of nitrogens with two attached hydrogens (primary N) is 1. The monoisotopic (exact) mass is 304 g/mol. The number of nitrogen functional groups attached to an aromatic ring is 1. The lowest BCUT2D eigenvalue weighted by Crippen LogP contribution is -2.23. The van der Waals surface area contributed by atoms with E-state index < -0.39 is 0 Å². The summed E-state index contributed by atoms with van der Waals surface area (Å²) in [5.74, 6) is -0.389. The van der Waals surface area contributed by atoms with E-state index in [9.17, 15) is 4.79 Å². The molecule has 0 bridgehead atoms. The van der Waals surface area contributed by atoms with Crippen molar-refractivity contribution in [3.8, 4) is 0 Å². The summed E-state index contributed by atoms with van der Waals surface area (Å²) in [4.78, 5) is 15.4. The van der Waals surface area contributed by atoms with E-state index in [1.54, 1.807) is 17.4 Å². The molecule has 0 radical (unpaired) electrons. The van der Waals surface area contributed by atoms with Crippen LogP contribution in [-0.2, 0) is 11.3 Å². The van der Waals surface area contributed by atoms with Crippen LogP contribution >= 0.6 is 11.3 Å². The molecule has 21 heavy (non-hydrogen) atoms. The van der Waals surface area contributed by atoms with E-state index in [0.717, 1.165) is 5.56 Å². The van der Waals surface area contributed by atoms with Crippen LogP contribution in [0.5, 0.6) is 0 Å². The average Bonchev–Trinajstić information content (AvgIpc) is 3.00. The Morgan fingerprint density at radius 1 is 1.38 bits per heavy atom. The number of rotatable bonds is 5. The zero-order valence-electron chi connectivity index (χ0n) is 12.5. The van der Waals surface area contributed by atoms with Gasteiger partial charge in [-0.05, 0) is 37.0 Å². The maximum atomic E-state index is 11.9. The first-order valence-corrected chi connectivity index (χ1v) is 7.62. The van der Waals surface area contributed by atoms with Crippen LogP contribution in [0, 0.1) is 0 Å². The molecule has 4 nitrogen and oxygen atoms in total. The number of thiophene rings is 1. The van der Waals surface area contributed by atoms with E-state index in [1.807, 2.05) is 25.2 Å². The van der Waals surface area contributed by atoms with Crippen LogP contribution in [0.25, 0.3) is 0 Å². The van der Waals surface area contributed by atoms with Gasteiger partial charge in [0.25, 0.3) is 0 Å². The Morgan fingerprint density at radius 3 is 2.76 bits per heavy atom. The maximum absolute atomic E-state index is 11.9. The van der Waals surface area contributed by atoms with Crippen molar-refractivity contribution < 1.29 is 9.53 Å². The van der Waals surface area contributed by atoms with Crippen molar-refractivity contribution in [2.75, 3.05) is 19.9 Å². The first kappa shape index (κ1) is 15.5. The summed E-state index contributed by atoms with van der Waals surface area (Å²) in [6.07, 6.45) is 0. The topological polar surface area (TPSA) is 55.6 Å². The Morgan fingerprint density at radius 2 is 2.14 bits per heavy atom. The van der Waals surface area contributed by atoms with E-state index in [1.165, 1.54) is 12.0 Å². The molecule has 2 aromatic rings. The molecule has 1 aromatic carbocycles. The number of anilines is 1. The Balaban J connectivity index is 2.23. The molecule has 1 unspecified atom stereocenters. The molecule has 2 rings (SSSR count). The number of hydrogen-bond acceptors (Lipinski definition) is 5. The number of nitrogens with zero attached hydrogens (tertiary/aromatic N) is 1. The van der Waals surface area contributed by atoms with Crippen molar-refractivity contribution in [2.24, 2.45) is 0 Å². The fourth-order valence-corrected chi connectivity index (χ4v) is 3.10. The van der Waals surface area contributed by atoms with Crippen LogP contribution < -0.4 is 5.73 Å². The molecule has 0 aliphatic heterocycles. The standard InChI is InChI=1S/C16H20N2O2S/c1-11(14-8-5-9-21-14)18(2)10-12-6-4-7-13(17)15(12)16(19)20-3/h4-9,11H,10,17H2,1-3H3. The minimum atomic E-state index is -0.389. The highest BCUT2D eigenvalue weighted by atomic mass is 32.1. The van der Waals surface area contributed by atoms with Crippen LogP contribution in [-0.4, -0.2) is 25.0 Å². The molecule has 112 valence electrons. The first-order chi connectivity index (χ1) is 10.0. The van der Waals surface area contributed by atoms with Crippen LogP contribution in [0.15, 0.2) is 35.7 Å². The molecular weight excluding hydrogens is 284 g/mol. The Kier molecular flexibility index (Phi) is 4.98. The lowest BCUT2D eigenvalue weighted by Gasteiger charge is -2.25. The molecule has 0 aliphatic rings. The number of carbonyl (C=O) groups excluding carboxylic acids is 1. The fourth-order valence-electron chi connectivity index (χ4n) is 2.25. The number of hydrogen-bond donors (Lipinski definition) is 1. The highest BCUT2D eigenvalue weighted by molar-refractivity contribution is 7.10. The number of methoxy groups -OCH3 is 1. The summed E-state index contributed by atoms with van der Waals surface area (Å²) in [5.41, 5.74) is 7.73. The quantitative estimate of drug-likeness (QED) is 0.680. The van der Waals surface area contributed by atoms with Gasteiger partial charge in [0.2, 0.25) is 0 Å². The number of esters is 1. The molecular formula is C16H20N2O2S. The molecule has 0 saturated heterocycles. The number of ether oxygens (including phenoxy) is 1. The normalized spacial score (nSPS) is 12.4. The van der Waals surface area contributed by atoms with Gasteiger partial charge < -0.3 is 10.5 Å². The van der Waals surface area contributed by atoms with Crippen molar-refractivity contribution >= 4 is 23.0 Å². The predicted molar refractivity (Wildman–Crippen MR) is 86.4 cm³/mol. The SMILES string of the molecule is COC(=O)c1c(N)cccc1CN(C)C(C)c1cccs1. The molecule has 0 spiro atoms. The second-order valence-electron chi connectivity index (χ2n) is 4.98. The highest BCUT2D eigenvalue weighted by Gasteiger charge is 2.19. The van der Waals surface area contributed by atoms with Gasteiger partial charge in [-0.15, -0.1) is 11.3 Å². The summed E-state index contributed by atoms with van der Waals surface area (Å²) in [6.45, 7) is 2.78. The zero-order valence-corrected chi connectivity index (χ0v) is 13.3. The third-order valence-electron chi connectivity index (χ3n) is 3.61. The van der Waals surface area contributed by atoms with E-state index >= 15 is 0 Å². The predicted octanol–water partition coefficient (Wildman–Crippen LogP) is 3.31. The largest absolute Gasteiger partial charge is 0.465 e. The van der Waals surface area contributed by atoms with Gasteiger partial charge in [-0.3, -0.25) is 4.90 Å². The summed E-state index contributed by atoms with van der Waals surface area (Å²) in [6, 6.07) is 9.94. The minimum Gasteiger partial charge on any atom is -0.465 e. The summed E-state index contributed by atoms with van der Waals surface area (Å²) >= 11 is 1.73. The highest BCUT2D eigenvalue weighted by Crippen LogP contribution is 2.26. The Hall–Kier alpha value is -1.85. The molecule has 0 aliphatic carbocycles. The van der Waals surface area contributed by atoms with E-state index in [-0.39, 0.29) is 12.0 Å². The van der Waals surface area contributed by atoms with Crippen LogP contribution in [0.3, 0.4) is 0 Å². The zero-order chi connectivity index (χ0) is 15.4. The Bertz CT molecular complexity index is 611. The second-order valence-corrected chi connectivity index (χ2v) is 5.96. The fraction of sp³-hybridized carbons (Fsp3) is 0.312. The summed E-state index contributed by atoms with van der Waals surface area (Å²) < 4.78 is 4.84. The molecule has 2 N–H and O–H groups in total. The van der Waals surface area contributed by atoms with Gasteiger partial charge in [-0.1, -0.05) is 18.2 Å². The minimum absolute atomic E-state index is 0.275. The van der Waals surface area contributed by atoms with Gasteiger partial charge in [0, 0.05) is 23.2 Å².